The van der Waals surface area contributed by atoms with Crippen LogP contribution in [0.4, 0.5) is 22.7 Å². The van der Waals surface area contributed by atoms with Crippen LogP contribution in [0.25, 0.3) is 0 Å². The molecule has 0 saturated heterocycles. The SMILES string of the molecule is O=[N+]([O-])c1cc(S(=O)(=O)Nc2ccccc2)ccc1Nc1ccc2c(c1)OCCO2. The van der Waals surface area contributed by atoms with Crippen LogP contribution in [-0.2, 0) is 10.0 Å². The second-order valence-corrected chi connectivity index (χ2v) is 8.07. The zero-order chi connectivity index (χ0) is 21.1. The lowest BCUT2D eigenvalue weighted by molar-refractivity contribution is -0.384. The predicted molar refractivity (Wildman–Crippen MR) is 111 cm³/mol. The van der Waals surface area contributed by atoms with E-state index in [1.54, 1.807) is 48.5 Å². The first-order valence-electron chi connectivity index (χ1n) is 8.95. The van der Waals surface area contributed by atoms with E-state index in [1.807, 2.05) is 0 Å². The normalized spacial score (nSPS) is 12.8. The van der Waals surface area contributed by atoms with Gasteiger partial charge in [-0.3, -0.25) is 14.8 Å². The van der Waals surface area contributed by atoms with Crippen LogP contribution in [0.5, 0.6) is 11.5 Å². The number of nitrogens with one attached hydrogen (secondary N) is 2. The van der Waals surface area contributed by atoms with Gasteiger partial charge in [-0.25, -0.2) is 8.42 Å². The van der Waals surface area contributed by atoms with Crippen LogP contribution in [0.15, 0.2) is 71.6 Å². The third-order valence-corrected chi connectivity index (χ3v) is 5.70. The molecule has 0 bridgehead atoms. The third-order valence-electron chi connectivity index (χ3n) is 4.32. The van der Waals surface area contributed by atoms with E-state index < -0.39 is 14.9 Å². The van der Waals surface area contributed by atoms with Crippen LogP contribution >= 0.6 is 0 Å². The van der Waals surface area contributed by atoms with Crippen molar-refractivity contribution >= 4 is 32.8 Å². The lowest BCUT2D eigenvalue weighted by Gasteiger charge is -2.19. The molecule has 0 spiro atoms. The second-order valence-electron chi connectivity index (χ2n) is 6.39. The number of hydrogen-bond acceptors (Lipinski definition) is 7. The van der Waals surface area contributed by atoms with Crippen molar-refractivity contribution in [3.63, 3.8) is 0 Å². The summed E-state index contributed by atoms with van der Waals surface area (Å²) in [6.45, 7) is 0.871. The van der Waals surface area contributed by atoms with Crippen LogP contribution in [0.2, 0.25) is 0 Å². The predicted octanol–water partition coefficient (Wildman–Crippen LogP) is 3.91. The highest BCUT2D eigenvalue weighted by Gasteiger charge is 2.22. The van der Waals surface area contributed by atoms with Crippen molar-refractivity contribution in [2.75, 3.05) is 23.3 Å². The highest BCUT2D eigenvalue weighted by Crippen LogP contribution is 2.36. The van der Waals surface area contributed by atoms with Crippen molar-refractivity contribution in [2.24, 2.45) is 0 Å². The first-order valence-corrected chi connectivity index (χ1v) is 10.4. The zero-order valence-electron chi connectivity index (χ0n) is 15.6. The average Bonchev–Trinajstić information content (AvgIpc) is 2.74. The van der Waals surface area contributed by atoms with E-state index in [1.165, 1.54) is 12.1 Å². The van der Waals surface area contributed by atoms with Crippen LogP contribution in [0, 0.1) is 10.1 Å². The Balaban J connectivity index is 1.63. The molecule has 0 aromatic heterocycles. The Hall–Kier alpha value is -3.79. The fourth-order valence-electron chi connectivity index (χ4n) is 2.93. The quantitative estimate of drug-likeness (QED) is 0.452. The molecule has 9 nitrogen and oxygen atoms in total. The number of ether oxygens (including phenoxy) is 2. The van der Waals surface area contributed by atoms with Crippen LogP contribution in [-0.4, -0.2) is 26.6 Å². The van der Waals surface area contributed by atoms with Crippen LogP contribution in [0.1, 0.15) is 0 Å². The minimum atomic E-state index is -3.99. The number of fused-ring (bicyclic) bond motifs is 1. The third kappa shape index (κ3) is 4.13. The van der Waals surface area contributed by atoms with Gasteiger partial charge in [0.15, 0.2) is 11.5 Å². The molecule has 0 atom stereocenters. The topological polar surface area (TPSA) is 120 Å². The van der Waals surface area contributed by atoms with Crippen molar-refractivity contribution in [1.82, 2.24) is 0 Å². The van der Waals surface area contributed by atoms with Crippen molar-refractivity contribution in [3.8, 4) is 11.5 Å². The molecule has 0 fully saturated rings. The molecule has 1 heterocycles. The summed E-state index contributed by atoms with van der Waals surface area (Å²) in [5.74, 6) is 1.12. The maximum atomic E-state index is 12.6. The summed E-state index contributed by atoms with van der Waals surface area (Å²) >= 11 is 0. The van der Waals surface area contributed by atoms with Crippen molar-refractivity contribution in [2.45, 2.75) is 4.90 Å². The van der Waals surface area contributed by atoms with Gasteiger partial charge in [-0.05, 0) is 36.4 Å². The van der Waals surface area contributed by atoms with Gasteiger partial charge in [-0.2, -0.15) is 0 Å². The number of benzene rings is 3. The Labute approximate surface area is 172 Å². The Morgan fingerprint density at radius 1 is 0.867 bits per heavy atom. The number of anilines is 3. The lowest BCUT2D eigenvalue weighted by atomic mass is 10.2. The van der Waals surface area contributed by atoms with E-state index >= 15 is 0 Å². The summed E-state index contributed by atoms with van der Waals surface area (Å²) < 4.78 is 38.6. The fraction of sp³-hybridized carbons (Fsp3) is 0.100. The molecule has 10 heteroatoms. The fourth-order valence-corrected chi connectivity index (χ4v) is 4.01. The maximum absolute atomic E-state index is 12.6. The second kappa shape index (κ2) is 7.91. The largest absolute Gasteiger partial charge is 0.486 e. The number of nitro groups is 1. The number of sulfonamides is 1. The number of hydrogen-bond donors (Lipinski definition) is 2. The molecule has 0 radical (unpaired) electrons. The molecular weight excluding hydrogens is 410 g/mol. The monoisotopic (exact) mass is 427 g/mol. The molecule has 1 aliphatic heterocycles. The number of nitro benzene ring substituents is 1. The van der Waals surface area contributed by atoms with Gasteiger partial charge in [0.1, 0.15) is 18.9 Å². The van der Waals surface area contributed by atoms with Gasteiger partial charge in [0, 0.05) is 23.5 Å². The standard InChI is InChI=1S/C20H17N3O6S/c24-23(25)18-13-16(30(26,27)22-14-4-2-1-3-5-14)7-8-17(18)21-15-6-9-19-20(12-15)29-11-10-28-19/h1-9,12-13,21-22H,10-11H2. The minimum absolute atomic E-state index is 0.148. The van der Waals surface area contributed by atoms with E-state index in [0.717, 1.165) is 6.07 Å². The number of para-hydroxylation sites is 1. The van der Waals surface area contributed by atoms with E-state index in [9.17, 15) is 18.5 Å². The number of rotatable bonds is 6. The van der Waals surface area contributed by atoms with Crippen LogP contribution < -0.4 is 19.5 Å². The van der Waals surface area contributed by atoms with E-state index in [-0.39, 0.29) is 16.3 Å². The highest BCUT2D eigenvalue weighted by atomic mass is 32.2. The molecule has 3 aromatic carbocycles. The van der Waals surface area contributed by atoms with Crippen molar-refractivity contribution in [1.29, 1.82) is 0 Å². The molecular formula is C20H17N3O6S. The van der Waals surface area contributed by atoms with Gasteiger partial charge in [0.05, 0.1) is 9.82 Å². The lowest BCUT2D eigenvalue weighted by Crippen LogP contribution is -2.15. The Kier molecular flexibility index (Phi) is 5.15. The first kappa shape index (κ1) is 19.5. The average molecular weight is 427 g/mol. The highest BCUT2D eigenvalue weighted by molar-refractivity contribution is 7.92. The molecule has 0 saturated carbocycles. The van der Waals surface area contributed by atoms with Crippen LogP contribution in [0.3, 0.4) is 0 Å². The van der Waals surface area contributed by atoms with Gasteiger partial charge in [-0.1, -0.05) is 18.2 Å². The Morgan fingerprint density at radius 3 is 2.33 bits per heavy atom. The summed E-state index contributed by atoms with van der Waals surface area (Å²) in [6.07, 6.45) is 0. The van der Waals surface area contributed by atoms with E-state index in [4.69, 9.17) is 9.47 Å². The molecule has 3 aromatic rings. The summed E-state index contributed by atoms with van der Waals surface area (Å²) in [7, 11) is -3.99. The molecule has 0 amide bonds. The molecule has 2 N–H and O–H groups in total. The molecule has 30 heavy (non-hydrogen) atoms. The molecule has 0 aliphatic carbocycles. The van der Waals surface area contributed by atoms with Gasteiger partial charge >= 0.3 is 0 Å². The summed E-state index contributed by atoms with van der Waals surface area (Å²) in [5.41, 5.74) is 0.676. The molecule has 154 valence electrons. The molecule has 0 unspecified atom stereocenters. The van der Waals surface area contributed by atoms with Gasteiger partial charge in [0.2, 0.25) is 0 Å². The first-order chi connectivity index (χ1) is 14.4. The Morgan fingerprint density at radius 2 is 1.60 bits per heavy atom. The van der Waals surface area contributed by atoms with E-state index in [0.29, 0.717) is 36.1 Å². The number of nitrogens with zero attached hydrogens (tertiary/aromatic N) is 1. The van der Waals surface area contributed by atoms with Crippen molar-refractivity contribution in [3.05, 3.63) is 76.8 Å². The maximum Gasteiger partial charge on any atom is 0.294 e. The minimum Gasteiger partial charge on any atom is -0.486 e. The zero-order valence-corrected chi connectivity index (χ0v) is 16.4. The van der Waals surface area contributed by atoms with E-state index in [2.05, 4.69) is 10.0 Å². The summed E-state index contributed by atoms with van der Waals surface area (Å²) in [5, 5.41) is 14.5. The molecule has 1 aliphatic rings. The smallest absolute Gasteiger partial charge is 0.294 e. The summed E-state index contributed by atoms with van der Waals surface area (Å²) in [4.78, 5) is 10.7. The van der Waals surface area contributed by atoms with Gasteiger partial charge in [0.25, 0.3) is 15.7 Å². The summed E-state index contributed by atoms with van der Waals surface area (Å²) in [6, 6.07) is 17.0. The molecule has 4 rings (SSSR count). The van der Waals surface area contributed by atoms with Gasteiger partial charge < -0.3 is 14.8 Å². The van der Waals surface area contributed by atoms with Gasteiger partial charge in [-0.15, -0.1) is 0 Å². The Bertz CT molecular complexity index is 1200. The van der Waals surface area contributed by atoms with Crippen molar-refractivity contribution < 1.29 is 22.8 Å².